The van der Waals surface area contributed by atoms with E-state index in [2.05, 4.69) is 26.9 Å². The predicted molar refractivity (Wildman–Crippen MR) is 155 cm³/mol. The second-order valence-electron chi connectivity index (χ2n) is 10.3. The average molecular weight is 559 g/mol. The number of anilines is 2. The van der Waals surface area contributed by atoms with Crippen LogP contribution in [0.5, 0.6) is 11.6 Å². The van der Waals surface area contributed by atoms with E-state index in [1.54, 1.807) is 30.2 Å². The van der Waals surface area contributed by atoms with Crippen molar-refractivity contribution in [1.82, 2.24) is 24.5 Å². The summed E-state index contributed by atoms with van der Waals surface area (Å²) in [7, 11) is 1.75. The molecule has 0 radical (unpaired) electrons. The van der Waals surface area contributed by atoms with Gasteiger partial charge < -0.3 is 29.6 Å². The maximum Gasteiger partial charge on any atom is 0.398 e. The highest BCUT2D eigenvalue weighted by molar-refractivity contribution is 5.87. The van der Waals surface area contributed by atoms with Crippen LogP contribution in [0, 0.1) is 5.21 Å². The van der Waals surface area contributed by atoms with Crippen LogP contribution in [0.1, 0.15) is 31.4 Å². The summed E-state index contributed by atoms with van der Waals surface area (Å²) in [5.41, 5.74) is 1.52. The van der Waals surface area contributed by atoms with Crippen LogP contribution in [0.4, 0.5) is 17.6 Å². The first-order valence-electron chi connectivity index (χ1n) is 13.9. The van der Waals surface area contributed by atoms with Crippen LogP contribution in [0.3, 0.4) is 0 Å². The average Bonchev–Trinajstić information content (AvgIpc) is 3.38. The molecule has 1 aliphatic heterocycles. The minimum Gasteiger partial charge on any atom is -0.741 e. The van der Waals surface area contributed by atoms with Crippen LogP contribution < -0.4 is 19.7 Å². The maximum absolute atomic E-state index is 11.6. The van der Waals surface area contributed by atoms with Gasteiger partial charge >= 0.3 is 5.95 Å². The Hall–Kier alpha value is -4.45. The van der Waals surface area contributed by atoms with Crippen LogP contribution in [0.2, 0.25) is 0 Å². The molecular formula is C29H34N8O4. The van der Waals surface area contributed by atoms with Crippen LogP contribution in [-0.4, -0.2) is 74.4 Å². The molecule has 2 aliphatic rings. The topological polar surface area (TPSA) is 126 Å². The molecule has 4 aromatic rings. The Labute approximate surface area is 238 Å². The summed E-state index contributed by atoms with van der Waals surface area (Å²) in [6.07, 6.45) is 8.92. The van der Waals surface area contributed by atoms with Gasteiger partial charge in [-0.25, -0.2) is 9.55 Å². The number of pyridine rings is 3. The van der Waals surface area contributed by atoms with E-state index in [1.807, 2.05) is 30.3 Å². The van der Waals surface area contributed by atoms with Crippen molar-refractivity contribution >= 4 is 35.2 Å². The first-order valence-corrected chi connectivity index (χ1v) is 13.9. The van der Waals surface area contributed by atoms with Crippen molar-refractivity contribution in [3.8, 4) is 11.6 Å². The van der Waals surface area contributed by atoms with Gasteiger partial charge in [-0.1, -0.05) is 11.1 Å². The van der Waals surface area contributed by atoms with Gasteiger partial charge in [0, 0.05) is 38.1 Å². The molecular weight excluding hydrogens is 524 g/mol. The second-order valence-corrected chi connectivity index (χ2v) is 10.3. The Morgan fingerprint density at radius 1 is 1.10 bits per heavy atom. The zero-order valence-electron chi connectivity index (χ0n) is 23.1. The fourth-order valence-corrected chi connectivity index (χ4v) is 5.28. The molecule has 0 bridgehead atoms. The third kappa shape index (κ3) is 6.17. The number of fused-ring (bicyclic) bond motifs is 1. The molecule has 41 heavy (non-hydrogen) atoms. The molecule has 2 fully saturated rings. The SMILES string of the molecule is C=[N+]([O-])c1ncc(COc2cnc3cc(N4CCOCC4)nc(OC4CCC(Nc5ccccn5)CC4)c3c2)n1C. The van der Waals surface area contributed by atoms with E-state index in [0.717, 1.165) is 67.0 Å². The number of hydrogen-bond acceptors (Lipinski definition) is 10. The lowest BCUT2D eigenvalue weighted by Gasteiger charge is -2.31. The molecule has 4 aromatic heterocycles. The molecule has 0 amide bonds. The van der Waals surface area contributed by atoms with Gasteiger partial charge in [-0.3, -0.25) is 9.72 Å². The van der Waals surface area contributed by atoms with E-state index in [-0.39, 0.29) is 18.7 Å². The highest BCUT2D eigenvalue weighted by Crippen LogP contribution is 2.33. The fourth-order valence-electron chi connectivity index (χ4n) is 5.28. The summed E-state index contributed by atoms with van der Waals surface area (Å²) >= 11 is 0. The molecule has 6 rings (SSSR count). The quantitative estimate of drug-likeness (QED) is 0.140. The largest absolute Gasteiger partial charge is 0.741 e. The number of morpholine rings is 1. The number of nitrogens with zero attached hydrogens (tertiary/aromatic N) is 7. The van der Waals surface area contributed by atoms with Crippen molar-refractivity contribution in [2.24, 2.45) is 7.05 Å². The molecule has 1 saturated heterocycles. The van der Waals surface area contributed by atoms with Gasteiger partial charge in [0.25, 0.3) is 0 Å². The lowest BCUT2D eigenvalue weighted by atomic mass is 9.93. The van der Waals surface area contributed by atoms with Crippen molar-refractivity contribution in [3.05, 3.63) is 59.8 Å². The van der Waals surface area contributed by atoms with E-state index < -0.39 is 0 Å². The van der Waals surface area contributed by atoms with Crippen molar-refractivity contribution < 1.29 is 18.9 Å². The first kappa shape index (κ1) is 26.8. The van der Waals surface area contributed by atoms with Gasteiger partial charge in [0.2, 0.25) is 5.88 Å². The molecule has 214 valence electrons. The molecule has 1 aliphatic carbocycles. The van der Waals surface area contributed by atoms with Gasteiger partial charge in [0.05, 0.1) is 37.4 Å². The van der Waals surface area contributed by atoms with Gasteiger partial charge in [0.15, 0.2) is 5.69 Å². The lowest BCUT2D eigenvalue weighted by molar-refractivity contribution is -0.362. The molecule has 0 atom stereocenters. The number of rotatable bonds is 9. The normalized spacial score (nSPS) is 19.2. The van der Waals surface area contributed by atoms with Crippen molar-refractivity contribution in [1.29, 1.82) is 0 Å². The van der Waals surface area contributed by atoms with Crippen molar-refractivity contribution in [2.75, 3.05) is 36.5 Å². The second kappa shape index (κ2) is 12.0. The molecule has 0 aromatic carbocycles. The lowest BCUT2D eigenvalue weighted by Crippen LogP contribution is -2.37. The zero-order valence-corrected chi connectivity index (χ0v) is 23.1. The molecule has 5 heterocycles. The fraction of sp³-hybridized carbons (Fsp3) is 0.414. The molecule has 12 heteroatoms. The third-order valence-electron chi connectivity index (χ3n) is 7.58. The van der Waals surface area contributed by atoms with E-state index in [4.69, 9.17) is 24.2 Å². The summed E-state index contributed by atoms with van der Waals surface area (Å²) < 4.78 is 20.3. The number of imidazole rings is 1. The van der Waals surface area contributed by atoms with E-state index in [1.165, 1.54) is 0 Å². The Morgan fingerprint density at radius 3 is 2.66 bits per heavy atom. The smallest absolute Gasteiger partial charge is 0.398 e. The summed E-state index contributed by atoms with van der Waals surface area (Å²) in [5.74, 6) is 3.08. The Bertz CT molecular complexity index is 1500. The van der Waals surface area contributed by atoms with Gasteiger partial charge in [-0.05, 0) is 43.9 Å². The van der Waals surface area contributed by atoms with Gasteiger partial charge in [-0.15, -0.1) is 0 Å². The number of hydrogen-bond donors (Lipinski definition) is 1. The Kier molecular flexibility index (Phi) is 7.81. The van der Waals surface area contributed by atoms with Crippen molar-refractivity contribution in [3.63, 3.8) is 0 Å². The zero-order chi connectivity index (χ0) is 28.2. The van der Waals surface area contributed by atoms with E-state index in [9.17, 15) is 5.21 Å². The number of aromatic nitrogens is 5. The minimum atomic E-state index is 0.0440. The summed E-state index contributed by atoms with van der Waals surface area (Å²) in [4.78, 5) is 20.4. The maximum atomic E-state index is 11.6. The molecule has 1 saturated carbocycles. The summed E-state index contributed by atoms with van der Waals surface area (Å²) in [6, 6.07) is 10.2. The third-order valence-corrected chi connectivity index (χ3v) is 7.58. The highest BCUT2D eigenvalue weighted by Gasteiger charge is 2.25. The van der Waals surface area contributed by atoms with Crippen LogP contribution in [0.25, 0.3) is 10.9 Å². The van der Waals surface area contributed by atoms with Crippen LogP contribution in [-0.2, 0) is 18.4 Å². The van der Waals surface area contributed by atoms with Crippen LogP contribution >= 0.6 is 0 Å². The number of ether oxygens (including phenoxy) is 3. The van der Waals surface area contributed by atoms with Gasteiger partial charge in [-0.2, -0.15) is 4.98 Å². The molecule has 0 unspecified atom stereocenters. The Balaban J connectivity index is 1.21. The molecule has 12 nitrogen and oxygen atoms in total. The molecule has 1 N–H and O–H groups in total. The monoisotopic (exact) mass is 558 g/mol. The number of nitrogens with one attached hydrogen (secondary N) is 1. The summed E-state index contributed by atoms with van der Waals surface area (Å²) in [6.45, 7) is 6.44. The summed E-state index contributed by atoms with van der Waals surface area (Å²) in [5, 5.41) is 15.9. The van der Waals surface area contributed by atoms with E-state index >= 15 is 0 Å². The van der Waals surface area contributed by atoms with Gasteiger partial charge in [0.1, 0.15) is 36.3 Å². The highest BCUT2D eigenvalue weighted by atomic mass is 16.5. The molecule has 0 spiro atoms. The first-order chi connectivity index (χ1) is 20.0. The predicted octanol–water partition coefficient (Wildman–Crippen LogP) is 3.82. The van der Waals surface area contributed by atoms with Crippen molar-refractivity contribution in [2.45, 2.75) is 44.4 Å². The minimum absolute atomic E-state index is 0.0440. The van der Waals surface area contributed by atoms with E-state index in [0.29, 0.717) is 35.6 Å². The van der Waals surface area contributed by atoms with Crippen LogP contribution in [0.15, 0.2) is 48.9 Å². The Morgan fingerprint density at radius 2 is 1.93 bits per heavy atom. The standard InChI is InChI=1S/C29H34N8O4/c1-35-21(17-32-29(35)36(2)38)19-40-23-15-24-25(31-18-23)16-27(37-11-13-39-14-12-37)34-28(24)41-22-8-6-20(7-9-22)33-26-5-3-4-10-30-26/h3-5,10,15-18,20,22H,2,6-9,11-14,19H2,1H3,(H,30,33).